The van der Waals surface area contributed by atoms with Crippen LogP contribution >= 0.6 is 15.9 Å². The lowest BCUT2D eigenvalue weighted by Gasteiger charge is -2.04. The van der Waals surface area contributed by atoms with Gasteiger partial charge in [0.05, 0.1) is 17.4 Å². The first-order valence-corrected chi connectivity index (χ1v) is 7.85. The Kier molecular flexibility index (Phi) is 3.20. The van der Waals surface area contributed by atoms with Crippen LogP contribution in [0.15, 0.2) is 51.5 Å². The molecule has 0 saturated heterocycles. The number of fused-ring (bicyclic) bond motifs is 2. The number of nitrogens with zero attached hydrogens (tertiary/aromatic N) is 1. The Hall–Kier alpha value is -2.60. The lowest BCUT2D eigenvalue weighted by Crippen LogP contribution is -2.12. The van der Waals surface area contributed by atoms with Gasteiger partial charge >= 0.3 is 0 Å². The summed E-state index contributed by atoms with van der Waals surface area (Å²) in [5.41, 5.74) is 2.97. The van der Waals surface area contributed by atoms with Gasteiger partial charge in [-0.05, 0) is 31.2 Å². The van der Waals surface area contributed by atoms with Crippen LogP contribution in [0.2, 0.25) is 0 Å². The molecule has 0 aliphatic carbocycles. The van der Waals surface area contributed by atoms with Crippen molar-refractivity contribution < 1.29 is 9.21 Å². The van der Waals surface area contributed by atoms with Gasteiger partial charge in [-0.25, -0.2) is 0 Å². The molecule has 0 bridgehead atoms. The van der Waals surface area contributed by atoms with E-state index < -0.39 is 0 Å². The van der Waals surface area contributed by atoms with Gasteiger partial charge in [0.15, 0.2) is 5.76 Å². The second kappa shape index (κ2) is 5.24. The molecule has 0 atom stereocenters. The van der Waals surface area contributed by atoms with E-state index in [2.05, 4.69) is 31.4 Å². The number of H-pyrrole nitrogens is 1. The third-order valence-corrected chi connectivity index (χ3v) is 4.32. The molecule has 1 amide bonds. The third kappa shape index (κ3) is 2.31. The number of anilines is 1. The zero-order chi connectivity index (χ0) is 16.0. The molecule has 0 unspecified atom stereocenters. The third-order valence-electron chi connectivity index (χ3n) is 3.83. The maximum Gasteiger partial charge on any atom is 0.291 e. The van der Waals surface area contributed by atoms with Gasteiger partial charge in [0.2, 0.25) is 0 Å². The quantitative estimate of drug-likeness (QED) is 0.540. The van der Waals surface area contributed by atoms with Crippen molar-refractivity contribution in [3.8, 4) is 0 Å². The Morgan fingerprint density at radius 1 is 1.30 bits per heavy atom. The number of carbonyl (C=O) groups excluding carboxylic acids is 1. The van der Waals surface area contributed by atoms with Crippen molar-refractivity contribution in [3.63, 3.8) is 0 Å². The molecule has 4 aromatic rings. The monoisotopic (exact) mass is 369 g/mol. The van der Waals surface area contributed by atoms with Crippen LogP contribution in [0.1, 0.15) is 16.1 Å². The van der Waals surface area contributed by atoms with Crippen molar-refractivity contribution in [1.82, 2.24) is 10.2 Å². The summed E-state index contributed by atoms with van der Waals surface area (Å²) in [6, 6.07) is 11.3. The van der Waals surface area contributed by atoms with E-state index in [1.54, 1.807) is 6.20 Å². The number of halogens is 1. The van der Waals surface area contributed by atoms with Crippen molar-refractivity contribution >= 4 is 49.4 Å². The van der Waals surface area contributed by atoms with Gasteiger partial charge in [-0.3, -0.25) is 9.89 Å². The highest BCUT2D eigenvalue weighted by molar-refractivity contribution is 9.10. The van der Waals surface area contributed by atoms with E-state index in [1.807, 2.05) is 43.3 Å². The summed E-state index contributed by atoms with van der Waals surface area (Å²) in [4.78, 5) is 12.6. The van der Waals surface area contributed by atoms with Crippen LogP contribution in [0.25, 0.3) is 21.9 Å². The number of aromatic nitrogens is 2. The summed E-state index contributed by atoms with van der Waals surface area (Å²) in [7, 11) is 0. The van der Waals surface area contributed by atoms with Crippen LogP contribution in [-0.2, 0) is 0 Å². The van der Waals surface area contributed by atoms with Gasteiger partial charge in [0.25, 0.3) is 5.91 Å². The van der Waals surface area contributed by atoms with E-state index in [0.717, 1.165) is 26.3 Å². The Morgan fingerprint density at radius 3 is 3.04 bits per heavy atom. The first-order valence-electron chi connectivity index (χ1n) is 7.05. The van der Waals surface area contributed by atoms with E-state index in [9.17, 15) is 4.79 Å². The highest BCUT2D eigenvalue weighted by Crippen LogP contribution is 2.29. The van der Waals surface area contributed by atoms with Crippen molar-refractivity contribution in [2.24, 2.45) is 0 Å². The fraction of sp³-hybridized carbons (Fsp3) is 0.0588. The smallest absolute Gasteiger partial charge is 0.291 e. The van der Waals surface area contributed by atoms with E-state index in [0.29, 0.717) is 17.0 Å². The number of hydrogen-bond acceptors (Lipinski definition) is 3. The Labute approximate surface area is 139 Å². The molecule has 0 saturated carbocycles. The Balaban J connectivity index is 1.75. The molecule has 23 heavy (non-hydrogen) atoms. The minimum Gasteiger partial charge on any atom is -0.451 e. The van der Waals surface area contributed by atoms with Crippen molar-refractivity contribution in [2.45, 2.75) is 6.92 Å². The number of hydrogen-bond donors (Lipinski definition) is 2. The number of aromatic amines is 1. The van der Waals surface area contributed by atoms with Gasteiger partial charge in [-0.15, -0.1) is 0 Å². The van der Waals surface area contributed by atoms with Crippen LogP contribution in [0, 0.1) is 6.92 Å². The molecule has 5 nitrogen and oxygen atoms in total. The SMILES string of the molecule is Cc1c(C(=O)Nc2cccc3cn[nH]c23)oc2ccc(Br)cc12. The van der Waals surface area contributed by atoms with Crippen LogP contribution in [0.3, 0.4) is 0 Å². The summed E-state index contributed by atoms with van der Waals surface area (Å²) in [5, 5.41) is 11.6. The van der Waals surface area contributed by atoms with E-state index in [-0.39, 0.29) is 5.91 Å². The van der Waals surface area contributed by atoms with Gasteiger partial charge in [0.1, 0.15) is 5.58 Å². The molecule has 2 heterocycles. The van der Waals surface area contributed by atoms with E-state index in [4.69, 9.17) is 4.42 Å². The van der Waals surface area contributed by atoms with Crippen molar-refractivity contribution in [2.75, 3.05) is 5.32 Å². The second-order valence-electron chi connectivity index (χ2n) is 5.29. The average molecular weight is 370 g/mol. The number of carbonyl (C=O) groups is 1. The zero-order valence-electron chi connectivity index (χ0n) is 12.2. The zero-order valence-corrected chi connectivity index (χ0v) is 13.8. The predicted octanol–water partition coefficient (Wildman–Crippen LogP) is 4.63. The number of para-hydroxylation sites is 1. The second-order valence-corrected chi connectivity index (χ2v) is 6.21. The topological polar surface area (TPSA) is 70.9 Å². The first kappa shape index (κ1) is 14.0. The standard InChI is InChI=1S/C17H12BrN3O2/c1-9-12-7-11(18)5-6-14(12)23-16(9)17(22)20-13-4-2-3-10-8-19-21-15(10)13/h2-8H,1H3,(H,19,21)(H,20,22). The molecular formula is C17H12BrN3O2. The highest BCUT2D eigenvalue weighted by atomic mass is 79.9. The number of furan rings is 1. The lowest BCUT2D eigenvalue weighted by atomic mass is 10.1. The number of nitrogens with one attached hydrogen (secondary N) is 2. The summed E-state index contributed by atoms with van der Waals surface area (Å²) >= 11 is 3.44. The van der Waals surface area contributed by atoms with Crippen LogP contribution < -0.4 is 5.32 Å². The van der Waals surface area contributed by atoms with Crippen molar-refractivity contribution in [3.05, 3.63) is 58.4 Å². The molecule has 0 spiro atoms. The summed E-state index contributed by atoms with van der Waals surface area (Å²) in [6.45, 7) is 1.88. The molecule has 0 fully saturated rings. The normalized spacial score (nSPS) is 11.2. The van der Waals surface area contributed by atoms with Gasteiger partial charge in [-0.1, -0.05) is 28.1 Å². The molecule has 2 aromatic carbocycles. The summed E-state index contributed by atoms with van der Waals surface area (Å²) < 4.78 is 6.67. The van der Waals surface area contributed by atoms with E-state index in [1.165, 1.54) is 0 Å². The average Bonchev–Trinajstić information content (AvgIpc) is 3.13. The molecule has 2 aromatic heterocycles. The fourth-order valence-corrected chi connectivity index (χ4v) is 3.02. The Morgan fingerprint density at radius 2 is 2.17 bits per heavy atom. The molecule has 114 valence electrons. The summed E-state index contributed by atoms with van der Waals surface area (Å²) in [5.74, 6) is 0.0338. The first-order chi connectivity index (χ1) is 11.1. The maximum atomic E-state index is 12.6. The van der Waals surface area contributed by atoms with Crippen molar-refractivity contribution in [1.29, 1.82) is 0 Å². The van der Waals surface area contributed by atoms with Gasteiger partial charge < -0.3 is 9.73 Å². The number of benzene rings is 2. The maximum absolute atomic E-state index is 12.6. The predicted molar refractivity (Wildman–Crippen MR) is 92.7 cm³/mol. The number of amides is 1. The number of rotatable bonds is 2. The van der Waals surface area contributed by atoms with Crippen LogP contribution in [0.5, 0.6) is 0 Å². The largest absolute Gasteiger partial charge is 0.451 e. The van der Waals surface area contributed by atoms with E-state index >= 15 is 0 Å². The fourth-order valence-electron chi connectivity index (χ4n) is 2.66. The lowest BCUT2D eigenvalue weighted by molar-refractivity contribution is 0.0998. The summed E-state index contributed by atoms with van der Waals surface area (Å²) in [6.07, 6.45) is 1.72. The molecule has 2 N–H and O–H groups in total. The number of aryl methyl sites for hydroxylation is 1. The molecule has 0 aliphatic heterocycles. The van der Waals surface area contributed by atoms with Crippen LogP contribution in [0.4, 0.5) is 5.69 Å². The highest BCUT2D eigenvalue weighted by Gasteiger charge is 2.18. The minimum absolute atomic E-state index is 0.281. The van der Waals surface area contributed by atoms with Gasteiger partial charge in [0, 0.05) is 20.8 Å². The molecule has 4 rings (SSSR count). The van der Waals surface area contributed by atoms with Crippen LogP contribution in [-0.4, -0.2) is 16.1 Å². The molecular weight excluding hydrogens is 358 g/mol. The van der Waals surface area contributed by atoms with Gasteiger partial charge in [-0.2, -0.15) is 5.10 Å². The molecule has 6 heteroatoms. The molecule has 0 aliphatic rings. The molecule has 0 radical (unpaired) electrons. The Bertz CT molecular complexity index is 1050. The minimum atomic E-state index is -0.281.